The summed E-state index contributed by atoms with van der Waals surface area (Å²) in [6, 6.07) is 7.14. The molecule has 4 nitrogen and oxygen atoms in total. The summed E-state index contributed by atoms with van der Waals surface area (Å²) >= 11 is 12.0. The molecule has 0 atom stereocenters. The van der Waals surface area contributed by atoms with Crippen molar-refractivity contribution in [2.45, 2.75) is 13.8 Å². The molecule has 0 unspecified atom stereocenters. The topological polar surface area (TPSA) is 41.1 Å². The van der Waals surface area contributed by atoms with E-state index in [-0.39, 0.29) is 0 Å². The van der Waals surface area contributed by atoms with Crippen LogP contribution in [-0.4, -0.2) is 23.1 Å². The van der Waals surface area contributed by atoms with Crippen molar-refractivity contribution in [3.05, 3.63) is 40.5 Å². The number of anilines is 3. The molecule has 20 heavy (non-hydrogen) atoms. The smallest absolute Gasteiger partial charge is 0.229 e. The molecule has 1 N–H and O–H groups in total. The Labute approximate surface area is 128 Å². The molecule has 0 saturated carbocycles. The van der Waals surface area contributed by atoms with Gasteiger partial charge in [-0.3, -0.25) is 0 Å². The Morgan fingerprint density at radius 2 is 1.90 bits per heavy atom. The molecule has 0 aliphatic heterocycles. The van der Waals surface area contributed by atoms with E-state index in [0.717, 1.165) is 24.6 Å². The molecule has 0 saturated heterocycles. The highest BCUT2D eigenvalue weighted by atomic mass is 35.5. The minimum absolute atomic E-state index is 0.513. The summed E-state index contributed by atoms with van der Waals surface area (Å²) in [5.41, 5.74) is 0.729. The average Bonchev–Trinajstić information content (AvgIpc) is 2.44. The highest BCUT2D eigenvalue weighted by Gasteiger charge is 2.07. The fourth-order valence-electron chi connectivity index (χ4n) is 1.84. The lowest BCUT2D eigenvalue weighted by atomic mass is 10.3. The SMILES string of the molecule is CCN(CC)c1ccnc(Nc2ccc(Cl)cc2Cl)n1. The van der Waals surface area contributed by atoms with Gasteiger partial charge in [-0.05, 0) is 38.1 Å². The van der Waals surface area contributed by atoms with E-state index in [9.17, 15) is 0 Å². The Morgan fingerprint density at radius 1 is 1.15 bits per heavy atom. The van der Waals surface area contributed by atoms with Crippen LogP contribution in [0.5, 0.6) is 0 Å². The number of aromatic nitrogens is 2. The molecule has 0 aliphatic rings. The highest BCUT2D eigenvalue weighted by Crippen LogP contribution is 2.27. The number of nitrogens with one attached hydrogen (secondary N) is 1. The third-order valence-electron chi connectivity index (χ3n) is 2.91. The van der Waals surface area contributed by atoms with Gasteiger partial charge in [0.05, 0.1) is 10.7 Å². The second-order valence-corrected chi connectivity index (χ2v) is 5.00. The molecule has 0 aliphatic carbocycles. The molecule has 0 spiro atoms. The predicted octanol–water partition coefficient (Wildman–Crippen LogP) is 4.37. The Hall–Kier alpha value is -1.52. The molecule has 0 fully saturated rings. The van der Waals surface area contributed by atoms with Gasteiger partial charge in [0.15, 0.2) is 0 Å². The number of hydrogen-bond donors (Lipinski definition) is 1. The van der Waals surface area contributed by atoms with Crippen molar-refractivity contribution in [2.75, 3.05) is 23.3 Å². The van der Waals surface area contributed by atoms with Gasteiger partial charge < -0.3 is 10.2 Å². The number of benzene rings is 1. The van der Waals surface area contributed by atoms with Crippen molar-refractivity contribution in [1.29, 1.82) is 0 Å². The zero-order valence-electron chi connectivity index (χ0n) is 11.4. The number of halogens is 2. The lowest BCUT2D eigenvalue weighted by molar-refractivity contribution is 0.843. The zero-order chi connectivity index (χ0) is 14.5. The van der Waals surface area contributed by atoms with E-state index < -0.39 is 0 Å². The van der Waals surface area contributed by atoms with Gasteiger partial charge in [0.25, 0.3) is 0 Å². The molecule has 0 radical (unpaired) electrons. The summed E-state index contributed by atoms with van der Waals surface area (Å²) in [6.07, 6.45) is 1.73. The van der Waals surface area contributed by atoms with Crippen molar-refractivity contribution < 1.29 is 0 Å². The van der Waals surface area contributed by atoms with Gasteiger partial charge in [0.1, 0.15) is 5.82 Å². The van der Waals surface area contributed by atoms with Gasteiger partial charge in [0, 0.05) is 24.3 Å². The number of hydrogen-bond acceptors (Lipinski definition) is 4. The van der Waals surface area contributed by atoms with E-state index in [1.807, 2.05) is 6.07 Å². The summed E-state index contributed by atoms with van der Waals surface area (Å²) in [5, 5.41) is 4.24. The molecule has 2 rings (SSSR count). The van der Waals surface area contributed by atoms with Crippen LogP contribution in [0.1, 0.15) is 13.8 Å². The van der Waals surface area contributed by atoms with E-state index in [1.165, 1.54) is 0 Å². The molecule has 106 valence electrons. The van der Waals surface area contributed by atoms with Gasteiger partial charge in [-0.2, -0.15) is 4.98 Å². The van der Waals surface area contributed by atoms with Gasteiger partial charge in [-0.25, -0.2) is 4.98 Å². The molecular formula is C14H16Cl2N4. The van der Waals surface area contributed by atoms with Crippen LogP contribution in [0.2, 0.25) is 10.0 Å². The minimum Gasteiger partial charge on any atom is -0.357 e. The van der Waals surface area contributed by atoms with Crippen LogP contribution in [-0.2, 0) is 0 Å². The maximum atomic E-state index is 6.12. The summed E-state index contributed by atoms with van der Waals surface area (Å²) in [5.74, 6) is 1.40. The van der Waals surface area contributed by atoms with Gasteiger partial charge in [-0.1, -0.05) is 23.2 Å². The number of rotatable bonds is 5. The third-order valence-corrected chi connectivity index (χ3v) is 3.45. The molecular weight excluding hydrogens is 295 g/mol. The Kier molecular flexibility index (Phi) is 5.04. The second-order valence-electron chi connectivity index (χ2n) is 4.16. The summed E-state index contributed by atoms with van der Waals surface area (Å²) < 4.78 is 0. The van der Waals surface area contributed by atoms with Crippen molar-refractivity contribution in [3.8, 4) is 0 Å². The maximum Gasteiger partial charge on any atom is 0.229 e. The molecule has 1 aromatic heterocycles. The summed E-state index contributed by atoms with van der Waals surface area (Å²) in [4.78, 5) is 10.8. The van der Waals surface area contributed by atoms with Crippen LogP contribution in [0.15, 0.2) is 30.5 Å². The Balaban J connectivity index is 2.23. The lowest BCUT2D eigenvalue weighted by Gasteiger charge is -2.20. The van der Waals surface area contributed by atoms with E-state index in [2.05, 4.69) is 34.0 Å². The largest absolute Gasteiger partial charge is 0.357 e. The first kappa shape index (κ1) is 14.9. The molecule has 0 bridgehead atoms. The first-order chi connectivity index (χ1) is 9.63. The quantitative estimate of drug-likeness (QED) is 0.890. The molecule has 1 aromatic carbocycles. The highest BCUT2D eigenvalue weighted by molar-refractivity contribution is 6.36. The van der Waals surface area contributed by atoms with Crippen molar-refractivity contribution >= 4 is 40.7 Å². The molecule has 6 heteroatoms. The van der Waals surface area contributed by atoms with Crippen LogP contribution in [0.4, 0.5) is 17.5 Å². The molecule has 0 amide bonds. The van der Waals surface area contributed by atoms with Gasteiger partial charge in [0.2, 0.25) is 5.95 Å². The maximum absolute atomic E-state index is 6.12. The van der Waals surface area contributed by atoms with Crippen LogP contribution < -0.4 is 10.2 Å². The van der Waals surface area contributed by atoms with Crippen LogP contribution in [0.3, 0.4) is 0 Å². The third kappa shape index (κ3) is 3.52. The van der Waals surface area contributed by atoms with Crippen LogP contribution >= 0.6 is 23.2 Å². The Morgan fingerprint density at radius 3 is 2.55 bits per heavy atom. The van der Waals surface area contributed by atoms with Crippen LogP contribution in [0, 0.1) is 0 Å². The Bertz CT molecular complexity index is 585. The number of nitrogens with zero attached hydrogens (tertiary/aromatic N) is 3. The van der Waals surface area contributed by atoms with E-state index >= 15 is 0 Å². The van der Waals surface area contributed by atoms with Crippen molar-refractivity contribution in [2.24, 2.45) is 0 Å². The predicted molar refractivity (Wildman–Crippen MR) is 85.3 cm³/mol. The summed E-state index contributed by atoms with van der Waals surface area (Å²) in [6.45, 7) is 5.98. The fourth-order valence-corrected chi connectivity index (χ4v) is 2.30. The van der Waals surface area contributed by atoms with Crippen LogP contribution in [0.25, 0.3) is 0 Å². The molecule has 2 aromatic rings. The van der Waals surface area contributed by atoms with E-state index in [4.69, 9.17) is 23.2 Å². The zero-order valence-corrected chi connectivity index (χ0v) is 12.9. The van der Waals surface area contributed by atoms with Crippen molar-refractivity contribution in [3.63, 3.8) is 0 Å². The van der Waals surface area contributed by atoms with Gasteiger partial charge >= 0.3 is 0 Å². The second kappa shape index (κ2) is 6.77. The van der Waals surface area contributed by atoms with E-state index in [1.54, 1.807) is 24.4 Å². The minimum atomic E-state index is 0.513. The summed E-state index contributed by atoms with van der Waals surface area (Å²) in [7, 11) is 0. The van der Waals surface area contributed by atoms with Crippen molar-refractivity contribution in [1.82, 2.24) is 9.97 Å². The monoisotopic (exact) mass is 310 g/mol. The first-order valence-electron chi connectivity index (χ1n) is 6.44. The lowest BCUT2D eigenvalue weighted by Crippen LogP contribution is -2.23. The molecule has 1 heterocycles. The standard InChI is InChI=1S/C14H16Cl2N4/c1-3-20(4-2)13-7-8-17-14(19-13)18-12-6-5-10(15)9-11(12)16/h5-9H,3-4H2,1-2H3,(H,17,18,19). The first-order valence-corrected chi connectivity index (χ1v) is 7.19. The fraction of sp³-hybridized carbons (Fsp3) is 0.286. The average molecular weight is 311 g/mol. The van der Waals surface area contributed by atoms with E-state index in [0.29, 0.717) is 16.0 Å². The van der Waals surface area contributed by atoms with Gasteiger partial charge in [-0.15, -0.1) is 0 Å². The normalized spacial score (nSPS) is 10.4.